The monoisotopic (exact) mass is 169 g/mol. The summed E-state index contributed by atoms with van der Waals surface area (Å²) >= 11 is 0. The summed E-state index contributed by atoms with van der Waals surface area (Å²) in [5.74, 6) is 0. The van der Waals surface area contributed by atoms with Crippen LogP contribution in [0.3, 0.4) is 0 Å². The summed E-state index contributed by atoms with van der Waals surface area (Å²) in [6.07, 6.45) is 4.14. The Morgan fingerprint density at radius 3 is 2.67 bits per heavy atom. The van der Waals surface area contributed by atoms with Crippen LogP contribution in [0.15, 0.2) is 0 Å². The fourth-order valence-electron chi connectivity index (χ4n) is 2.48. The van der Waals surface area contributed by atoms with E-state index in [2.05, 4.69) is 32.6 Å². The highest BCUT2D eigenvalue weighted by Crippen LogP contribution is 2.32. The molecule has 1 nitrogen and oxygen atoms in total. The summed E-state index contributed by atoms with van der Waals surface area (Å²) in [6, 6.07) is 0.785. The molecule has 72 valence electrons. The topological polar surface area (TPSA) is 3.24 Å². The molecule has 0 amide bonds. The highest BCUT2D eigenvalue weighted by Gasteiger charge is 2.26. The Kier molecular flexibility index (Phi) is 3.16. The standard InChI is InChI=1S/C11H23N/c1-5-12-8-6-7-11(3,4)9-10(12)2/h10H,5-9H2,1-4H3. The van der Waals surface area contributed by atoms with E-state index in [1.807, 2.05) is 0 Å². The fourth-order valence-corrected chi connectivity index (χ4v) is 2.48. The summed E-state index contributed by atoms with van der Waals surface area (Å²) in [5, 5.41) is 0. The van der Waals surface area contributed by atoms with E-state index in [0.717, 1.165) is 6.04 Å². The maximum absolute atomic E-state index is 2.61. The second-order valence-corrected chi connectivity index (χ2v) is 4.95. The Labute approximate surface area is 77.1 Å². The minimum Gasteiger partial charge on any atom is -0.301 e. The highest BCUT2D eigenvalue weighted by molar-refractivity contribution is 4.80. The molecular weight excluding hydrogens is 146 g/mol. The Hall–Kier alpha value is -0.0400. The van der Waals surface area contributed by atoms with Crippen LogP contribution < -0.4 is 0 Å². The lowest BCUT2D eigenvalue weighted by molar-refractivity contribution is 0.197. The average Bonchev–Trinajstić information content (AvgIpc) is 2.07. The van der Waals surface area contributed by atoms with Crippen LogP contribution >= 0.6 is 0 Å². The summed E-state index contributed by atoms with van der Waals surface area (Å²) in [6.45, 7) is 12.0. The van der Waals surface area contributed by atoms with E-state index in [-0.39, 0.29) is 0 Å². The molecule has 12 heavy (non-hydrogen) atoms. The van der Waals surface area contributed by atoms with Gasteiger partial charge in [0.05, 0.1) is 0 Å². The van der Waals surface area contributed by atoms with Crippen molar-refractivity contribution in [2.24, 2.45) is 5.41 Å². The van der Waals surface area contributed by atoms with E-state index in [0.29, 0.717) is 5.41 Å². The van der Waals surface area contributed by atoms with Gasteiger partial charge in [-0.15, -0.1) is 0 Å². The quantitative estimate of drug-likeness (QED) is 0.583. The van der Waals surface area contributed by atoms with Gasteiger partial charge in [-0.1, -0.05) is 20.8 Å². The van der Waals surface area contributed by atoms with Gasteiger partial charge in [0.25, 0.3) is 0 Å². The normalized spacial score (nSPS) is 31.5. The van der Waals surface area contributed by atoms with Crippen molar-refractivity contribution in [3.63, 3.8) is 0 Å². The van der Waals surface area contributed by atoms with Crippen molar-refractivity contribution in [1.82, 2.24) is 4.90 Å². The molecule has 1 saturated heterocycles. The molecule has 1 heteroatoms. The van der Waals surface area contributed by atoms with E-state index < -0.39 is 0 Å². The maximum Gasteiger partial charge on any atom is 0.00718 e. The van der Waals surface area contributed by atoms with E-state index in [1.54, 1.807) is 0 Å². The van der Waals surface area contributed by atoms with Gasteiger partial charge in [-0.25, -0.2) is 0 Å². The van der Waals surface area contributed by atoms with E-state index in [4.69, 9.17) is 0 Å². The zero-order valence-corrected chi connectivity index (χ0v) is 9.06. The number of nitrogens with zero attached hydrogens (tertiary/aromatic N) is 1. The number of rotatable bonds is 1. The van der Waals surface area contributed by atoms with Crippen LogP contribution in [0.2, 0.25) is 0 Å². The number of likely N-dealkylation sites (tertiary alicyclic amines) is 1. The van der Waals surface area contributed by atoms with Crippen LogP contribution in [0.25, 0.3) is 0 Å². The van der Waals surface area contributed by atoms with Gasteiger partial charge in [0.1, 0.15) is 0 Å². The molecule has 1 unspecified atom stereocenters. The molecule has 0 aromatic rings. The van der Waals surface area contributed by atoms with Crippen LogP contribution in [0.4, 0.5) is 0 Å². The van der Waals surface area contributed by atoms with Crippen LogP contribution in [-0.4, -0.2) is 24.0 Å². The van der Waals surface area contributed by atoms with Crippen molar-refractivity contribution in [2.45, 2.75) is 53.0 Å². The van der Waals surface area contributed by atoms with Crippen molar-refractivity contribution in [1.29, 1.82) is 0 Å². The molecule has 0 spiro atoms. The van der Waals surface area contributed by atoms with Gasteiger partial charge in [0.15, 0.2) is 0 Å². The second kappa shape index (κ2) is 3.78. The molecule has 0 saturated carbocycles. The molecule has 0 aromatic carbocycles. The molecule has 0 radical (unpaired) electrons. The summed E-state index contributed by atoms with van der Waals surface area (Å²) in [7, 11) is 0. The van der Waals surface area contributed by atoms with Gasteiger partial charge in [0, 0.05) is 6.04 Å². The maximum atomic E-state index is 2.61. The molecule has 1 aliphatic heterocycles. The Balaban J connectivity index is 2.56. The van der Waals surface area contributed by atoms with Crippen LogP contribution in [0.5, 0.6) is 0 Å². The van der Waals surface area contributed by atoms with Crippen molar-refractivity contribution >= 4 is 0 Å². The lowest BCUT2D eigenvalue weighted by atomic mass is 9.83. The van der Waals surface area contributed by atoms with Gasteiger partial charge < -0.3 is 4.90 Å². The van der Waals surface area contributed by atoms with Crippen LogP contribution in [0, 0.1) is 5.41 Å². The Morgan fingerprint density at radius 1 is 1.42 bits per heavy atom. The largest absolute Gasteiger partial charge is 0.301 e. The average molecular weight is 169 g/mol. The van der Waals surface area contributed by atoms with Crippen LogP contribution in [0.1, 0.15) is 47.0 Å². The molecule has 1 heterocycles. The minimum atomic E-state index is 0.573. The summed E-state index contributed by atoms with van der Waals surface area (Å²) in [5.41, 5.74) is 0.573. The van der Waals surface area contributed by atoms with E-state index in [9.17, 15) is 0 Å². The first-order valence-electron chi connectivity index (χ1n) is 5.29. The third kappa shape index (κ3) is 2.48. The Bertz CT molecular complexity index is 140. The summed E-state index contributed by atoms with van der Waals surface area (Å²) < 4.78 is 0. The molecule has 1 fully saturated rings. The van der Waals surface area contributed by atoms with Crippen molar-refractivity contribution in [2.75, 3.05) is 13.1 Å². The van der Waals surface area contributed by atoms with Gasteiger partial charge in [-0.2, -0.15) is 0 Å². The predicted octanol–water partition coefficient (Wildman–Crippen LogP) is 2.91. The summed E-state index contributed by atoms with van der Waals surface area (Å²) in [4.78, 5) is 2.61. The van der Waals surface area contributed by atoms with Gasteiger partial charge in [-0.3, -0.25) is 0 Å². The number of hydrogen-bond donors (Lipinski definition) is 0. The van der Waals surface area contributed by atoms with E-state index >= 15 is 0 Å². The molecule has 0 aromatic heterocycles. The number of hydrogen-bond acceptors (Lipinski definition) is 1. The van der Waals surface area contributed by atoms with Gasteiger partial charge >= 0.3 is 0 Å². The lowest BCUT2D eigenvalue weighted by Gasteiger charge is -2.29. The van der Waals surface area contributed by atoms with Crippen molar-refractivity contribution in [3.8, 4) is 0 Å². The first-order valence-corrected chi connectivity index (χ1v) is 5.29. The first-order chi connectivity index (χ1) is 5.55. The van der Waals surface area contributed by atoms with Crippen molar-refractivity contribution in [3.05, 3.63) is 0 Å². The first kappa shape index (κ1) is 10.0. The third-order valence-corrected chi connectivity index (χ3v) is 3.18. The zero-order valence-electron chi connectivity index (χ0n) is 9.06. The van der Waals surface area contributed by atoms with Gasteiger partial charge in [-0.05, 0) is 44.7 Å². The molecule has 0 N–H and O–H groups in total. The van der Waals surface area contributed by atoms with Crippen LogP contribution in [-0.2, 0) is 0 Å². The molecule has 0 aliphatic carbocycles. The smallest absolute Gasteiger partial charge is 0.00718 e. The third-order valence-electron chi connectivity index (χ3n) is 3.18. The fraction of sp³-hybridized carbons (Fsp3) is 1.00. The molecule has 1 atom stereocenters. The zero-order chi connectivity index (χ0) is 9.19. The molecular formula is C11H23N. The highest BCUT2D eigenvalue weighted by atomic mass is 15.1. The molecule has 1 aliphatic rings. The minimum absolute atomic E-state index is 0.573. The molecule has 1 rings (SSSR count). The SMILES string of the molecule is CCN1CCCC(C)(C)CC1C. The van der Waals surface area contributed by atoms with Gasteiger partial charge in [0.2, 0.25) is 0 Å². The van der Waals surface area contributed by atoms with E-state index in [1.165, 1.54) is 32.4 Å². The second-order valence-electron chi connectivity index (χ2n) is 4.95. The molecule has 0 bridgehead atoms. The predicted molar refractivity (Wildman–Crippen MR) is 54.3 cm³/mol. The van der Waals surface area contributed by atoms with Crippen molar-refractivity contribution < 1.29 is 0 Å². The Morgan fingerprint density at radius 2 is 2.08 bits per heavy atom. The lowest BCUT2D eigenvalue weighted by Crippen LogP contribution is -2.33.